The Labute approximate surface area is 181 Å². The maximum absolute atomic E-state index is 14.1. The number of nitrogens with zero attached hydrogens (tertiary/aromatic N) is 3. The van der Waals surface area contributed by atoms with Crippen LogP contribution in [0.5, 0.6) is 0 Å². The molecule has 0 atom stereocenters. The van der Waals surface area contributed by atoms with Gasteiger partial charge < -0.3 is 20.5 Å². The van der Waals surface area contributed by atoms with E-state index in [-0.39, 0.29) is 28.1 Å². The van der Waals surface area contributed by atoms with Crippen LogP contribution in [-0.2, 0) is 4.74 Å². The first kappa shape index (κ1) is 21.3. The van der Waals surface area contributed by atoms with Gasteiger partial charge in [0.1, 0.15) is 17.3 Å². The fourth-order valence-corrected chi connectivity index (χ4v) is 3.37. The lowest BCUT2D eigenvalue weighted by molar-refractivity contribution is 0.0303. The maximum atomic E-state index is 14.1. The molecule has 0 spiro atoms. The zero-order valence-electron chi connectivity index (χ0n) is 16.8. The van der Waals surface area contributed by atoms with Crippen LogP contribution in [0.1, 0.15) is 15.9 Å². The number of nitrogens with one attached hydrogen (secondary N) is 1. The van der Waals surface area contributed by atoms with Gasteiger partial charge in [-0.3, -0.25) is 14.6 Å². The number of amides is 1. The molecule has 164 valence electrons. The number of ether oxygens (including phenoxy) is 1. The molecule has 32 heavy (non-hydrogen) atoms. The lowest BCUT2D eigenvalue weighted by atomic mass is 10.1. The molecule has 4 rings (SSSR count). The average molecular weight is 439 g/mol. The number of pyridine rings is 1. The number of benzene rings is 2. The van der Waals surface area contributed by atoms with Crippen LogP contribution in [0.4, 0.5) is 14.5 Å². The molecule has 0 unspecified atom stereocenters. The number of aromatic nitrogens is 1. The van der Waals surface area contributed by atoms with Crippen LogP contribution >= 0.6 is 0 Å². The van der Waals surface area contributed by atoms with E-state index >= 15 is 0 Å². The van der Waals surface area contributed by atoms with E-state index in [1.807, 2.05) is 0 Å². The molecule has 0 bridgehead atoms. The minimum Gasteiger partial charge on any atom is -0.378 e. The average Bonchev–Trinajstić information content (AvgIpc) is 2.80. The van der Waals surface area contributed by atoms with Crippen molar-refractivity contribution >= 4 is 34.4 Å². The molecule has 1 aromatic heterocycles. The summed E-state index contributed by atoms with van der Waals surface area (Å²) in [6, 6.07) is 9.57. The van der Waals surface area contributed by atoms with E-state index in [2.05, 4.69) is 15.1 Å². The molecule has 0 saturated carbocycles. The standard InChI is InChI=1S/C22H19F2N5O3/c23-14-9-18(24)16-11-17(21(30)27-19(16)10-14)20(28-25)12-26-15-3-1-13(2-4-15)22(31)29-5-7-32-8-6-29/h1-4,9-12H,5-8,25H2,(H,27,30). The summed E-state index contributed by atoms with van der Waals surface area (Å²) in [5.41, 5.74) is 0.399. The number of carbonyl (C=O) groups excluding carboxylic acids is 1. The predicted molar refractivity (Wildman–Crippen MR) is 117 cm³/mol. The number of hydrazone groups is 1. The highest BCUT2D eigenvalue weighted by atomic mass is 19.1. The Morgan fingerprint density at radius 3 is 2.53 bits per heavy atom. The molecule has 1 amide bonds. The summed E-state index contributed by atoms with van der Waals surface area (Å²) < 4.78 is 32.8. The van der Waals surface area contributed by atoms with Crippen molar-refractivity contribution < 1.29 is 18.3 Å². The molecule has 3 aromatic rings. The summed E-state index contributed by atoms with van der Waals surface area (Å²) >= 11 is 0. The number of aliphatic imine (C=N–C) groups is 1. The lowest BCUT2D eigenvalue weighted by Crippen LogP contribution is -2.40. The van der Waals surface area contributed by atoms with Crippen molar-refractivity contribution in [1.29, 1.82) is 0 Å². The monoisotopic (exact) mass is 439 g/mol. The highest BCUT2D eigenvalue weighted by molar-refractivity contribution is 6.38. The largest absolute Gasteiger partial charge is 0.378 e. The van der Waals surface area contributed by atoms with Gasteiger partial charge >= 0.3 is 0 Å². The van der Waals surface area contributed by atoms with E-state index in [1.54, 1.807) is 29.2 Å². The molecule has 0 aliphatic carbocycles. The van der Waals surface area contributed by atoms with Crippen LogP contribution in [0.2, 0.25) is 0 Å². The summed E-state index contributed by atoms with van der Waals surface area (Å²) in [5.74, 6) is 3.70. The third kappa shape index (κ3) is 4.40. The molecule has 1 fully saturated rings. The minimum absolute atomic E-state index is 0.00495. The lowest BCUT2D eigenvalue weighted by Gasteiger charge is -2.26. The Bertz CT molecular complexity index is 1280. The molecule has 3 N–H and O–H groups in total. The van der Waals surface area contributed by atoms with Crippen molar-refractivity contribution in [2.75, 3.05) is 26.3 Å². The number of morpholine rings is 1. The second-order valence-corrected chi connectivity index (χ2v) is 7.08. The van der Waals surface area contributed by atoms with Crippen LogP contribution in [0.15, 0.2) is 57.4 Å². The first-order valence-electron chi connectivity index (χ1n) is 9.78. The number of aromatic amines is 1. The first-order valence-corrected chi connectivity index (χ1v) is 9.78. The van der Waals surface area contributed by atoms with Gasteiger partial charge in [-0.1, -0.05) is 0 Å². The van der Waals surface area contributed by atoms with Crippen molar-refractivity contribution in [3.63, 3.8) is 0 Å². The van der Waals surface area contributed by atoms with Crippen molar-refractivity contribution in [3.8, 4) is 0 Å². The van der Waals surface area contributed by atoms with E-state index in [1.165, 1.54) is 12.3 Å². The Morgan fingerprint density at radius 2 is 1.84 bits per heavy atom. The Kier molecular flexibility index (Phi) is 6.04. The quantitative estimate of drug-likeness (QED) is 0.369. The highest BCUT2D eigenvalue weighted by Crippen LogP contribution is 2.18. The Hall–Kier alpha value is -3.92. The number of hydrogen-bond acceptors (Lipinski definition) is 6. The van der Waals surface area contributed by atoms with Gasteiger partial charge in [-0.2, -0.15) is 5.10 Å². The summed E-state index contributed by atoms with van der Waals surface area (Å²) in [6.45, 7) is 2.12. The number of H-pyrrole nitrogens is 1. The summed E-state index contributed by atoms with van der Waals surface area (Å²) in [6.07, 6.45) is 1.26. The molecule has 2 heterocycles. The van der Waals surface area contributed by atoms with Crippen LogP contribution in [0.25, 0.3) is 10.9 Å². The minimum atomic E-state index is -0.827. The van der Waals surface area contributed by atoms with Gasteiger partial charge in [0.05, 0.1) is 36.2 Å². The molecule has 1 aliphatic rings. The van der Waals surface area contributed by atoms with Crippen LogP contribution in [-0.4, -0.2) is 54.0 Å². The van der Waals surface area contributed by atoms with Crippen molar-refractivity contribution in [1.82, 2.24) is 9.88 Å². The molecular weight excluding hydrogens is 420 g/mol. The van der Waals surface area contributed by atoms with Gasteiger partial charge in [0, 0.05) is 30.1 Å². The van der Waals surface area contributed by atoms with Crippen molar-refractivity contribution in [2.24, 2.45) is 15.9 Å². The van der Waals surface area contributed by atoms with Gasteiger partial charge in [0.15, 0.2) is 0 Å². The summed E-state index contributed by atoms with van der Waals surface area (Å²) in [7, 11) is 0. The number of rotatable bonds is 4. The molecular formula is C22H19F2N5O3. The predicted octanol–water partition coefficient (Wildman–Crippen LogP) is 2.34. The zero-order valence-corrected chi connectivity index (χ0v) is 16.8. The van der Waals surface area contributed by atoms with Crippen LogP contribution in [0, 0.1) is 11.6 Å². The van der Waals surface area contributed by atoms with Gasteiger partial charge in [-0.05, 0) is 36.4 Å². The maximum Gasteiger partial charge on any atom is 0.258 e. The highest BCUT2D eigenvalue weighted by Gasteiger charge is 2.18. The zero-order chi connectivity index (χ0) is 22.7. The smallest absolute Gasteiger partial charge is 0.258 e. The van der Waals surface area contributed by atoms with Gasteiger partial charge in [0.25, 0.3) is 11.5 Å². The van der Waals surface area contributed by atoms with E-state index in [0.29, 0.717) is 37.6 Å². The molecule has 8 nitrogen and oxygen atoms in total. The van der Waals surface area contributed by atoms with E-state index in [4.69, 9.17) is 10.6 Å². The second-order valence-electron chi connectivity index (χ2n) is 7.08. The van der Waals surface area contributed by atoms with E-state index < -0.39 is 17.2 Å². The number of halogens is 2. The number of fused-ring (bicyclic) bond motifs is 1. The fraction of sp³-hybridized carbons (Fsp3) is 0.182. The van der Waals surface area contributed by atoms with Gasteiger partial charge in [0.2, 0.25) is 0 Å². The molecule has 10 heteroatoms. The van der Waals surface area contributed by atoms with Crippen molar-refractivity contribution in [2.45, 2.75) is 0 Å². The molecule has 1 aliphatic heterocycles. The first-order chi connectivity index (χ1) is 15.5. The summed E-state index contributed by atoms with van der Waals surface area (Å²) in [5, 5.41) is 3.59. The number of hydrogen-bond donors (Lipinski definition) is 2. The normalized spacial score (nSPS) is 14.9. The second kappa shape index (κ2) is 9.06. The Morgan fingerprint density at radius 1 is 1.12 bits per heavy atom. The van der Waals surface area contributed by atoms with Crippen molar-refractivity contribution in [3.05, 3.63) is 75.6 Å². The number of carbonyl (C=O) groups is 1. The molecule has 2 aromatic carbocycles. The molecule has 1 saturated heterocycles. The van der Waals surface area contributed by atoms with Crippen LogP contribution < -0.4 is 11.4 Å². The van der Waals surface area contributed by atoms with Crippen LogP contribution in [0.3, 0.4) is 0 Å². The van der Waals surface area contributed by atoms with Gasteiger partial charge in [-0.25, -0.2) is 8.78 Å². The summed E-state index contributed by atoms with van der Waals surface area (Å²) in [4.78, 5) is 33.3. The third-order valence-electron chi connectivity index (χ3n) is 5.04. The molecule has 0 radical (unpaired) electrons. The fourth-order valence-electron chi connectivity index (χ4n) is 3.37. The topological polar surface area (TPSA) is 113 Å². The Balaban J connectivity index is 1.56. The van der Waals surface area contributed by atoms with E-state index in [0.717, 1.165) is 12.1 Å². The third-order valence-corrected chi connectivity index (χ3v) is 5.04. The van der Waals surface area contributed by atoms with Gasteiger partial charge in [-0.15, -0.1) is 0 Å². The SMILES string of the molecule is NN=C(C=Nc1ccc(C(=O)N2CCOCC2)cc1)c1cc2c(F)cc(F)cc2[nH]c1=O. The number of nitrogens with two attached hydrogens (primary N) is 1. The van der Waals surface area contributed by atoms with E-state index in [9.17, 15) is 18.4 Å².